The molecule has 2 amide bonds. The highest BCUT2D eigenvalue weighted by Crippen LogP contribution is 2.28. The number of aromatic nitrogens is 6. The van der Waals surface area contributed by atoms with Gasteiger partial charge in [0.05, 0.1) is 31.6 Å². The minimum absolute atomic E-state index is 0.193. The molecule has 0 aliphatic carbocycles. The lowest BCUT2D eigenvalue weighted by Gasteiger charge is -2.31. The number of imidazole rings is 1. The smallest absolute Gasteiger partial charge is 0.410 e. The SMILES string of the molecule is CCN(C(=O)NC(Cn1ccnn1)C(F)(F)F)[C@H](C)c1cccc(-c2cn3ccnc3c(OC)n2)c1. The Kier molecular flexibility index (Phi) is 7.08. The van der Waals surface area contributed by atoms with Crippen LogP contribution in [0.3, 0.4) is 0 Å². The molecule has 3 heterocycles. The van der Waals surface area contributed by atoms with Gasteiger partial charge < -0.3 is 19.4 Å². The Labute approximate surface area is 204 Å². The zero-order chi connectivity index (χ0) is 25.9. The number of alkyl halides is 3. The molecule has 13 heteroatoms. The second-order valence-electron chi connectivity index (χ2n) is 8.05. The number of benzene rings is 1. The zero-order valence-corrected chi connectivity index (χ0v) is 19.8. The molecular formula is C23H25F3N8O2. The minimum Gasteiger partial charge on any atom is -0.478 e. The van der Waals surface area contributed by atoms with Crippen LogP contribution in [0.5, 0.6) is 5.88 Å². The van der Waals surface area contributed by atoms with E-state index in [0.717, 1.165) is 15.8 Å². The fraction of sp³-hybridized carbons (Fsp3) is 0.348. The van der Waals surface area contributed by atoms with E-state index in [0.29, 0.717) is 17.2 Å². The summed E-state index contributed by atoms with van der Waals surface area (Å²) in [6.45, 7) is 3.08. The molecule has 0 radical (unpaired) electrons. The Morgan fingerprint density at radius 3 is 2.72 bits per heavy atom. The molecule has 0 aliphatic rings. The molecular weight excluding hydrogens is 477 g/mol. The van der Waals surface area contributed by atoms with Gasteiger partial charge in [-0.1, -0.05) is 23.4 Å². The van der Waals surface area contributed by atoms with Crippen LogP contribution in [0.4, 0.5) is 18.0 Å². The number of carbonyl (C=O) groups excluding carboxylic acids is 1. The maximum Gasteiger partial charge on any atom is 0.410 e. The van der Waals surface area contributed by atoms with Gasteiger partial charge in [-0.05, 0) is 25.5 Å². The molecule has 0 aliphatic heterocycles. The van der Waals surface area contributed by atoms with Crippen LogP contribution in [-0.4, -0.2) is 66.2 Å². The molecule has 36 heavy (non-hydrogen) atoms. The maximum atomic E-state index is 13.6. The van der Waals surface area contributed by atoms with Gasteiger partial charge in [0.2, 0.25) is 0 Å². The monoisotopic (exact) mass is 502 g/mol. The molecule has 1 N–H and O–H groups in total. The first-order valence-electron chi connectivity index (χ1n) is 11.2. The van der Waals surface area contributed by atoms with Crippen molar-refractivity contribution in [2.24, 2.45) is 0 Å². The third kappa shape index (κ3) is 5.24. The summed E-state index contributed by atoms with van der Waals surface area (Å²) in [5, 5.41) is 9.20. The van der Waals surface area contributed by atoms with Crippen molar-refractivity contribution in [1.82, 2.24) is 39.6 Å². The van der Waals surface area contributed by atoms with Crippen LogP contribution in [0, 0.1) is 0 Å². The first kappa shape index (κ1) is 24.9. The van der Waals surface area contributed by atoms with Crippen molar-refractivity contribution in [2.75, 3.05) is 13.7 Å². The highest BCUT2D eigenvalue weighted by molar-refractivity contribution is 5.75. The summed E-state index contributed by atoms with van der Waals surface area (Å²) in [7, 11) is 1.51. The van der Waals surface area contributed by atoms with Crippen molar-refractivity contribution in [3.8, 4) is 17.1 Å². The molecule has 2 atom stereocenters. The number of hydrogen-bond acceptors (Lipinski definition) is 6. The van der Waals surface area contributed by atoms with Gasteiger partial charge in [0, 0.05) is 36.9 Å². The van der Waals surface area contributed by atoms with Crippen LogP contribution in [0.2, 0.25) is 0 Å². The highest BCUT2D eigenvalue weighted by Gasteiger charge is 2.42. The van der Waals surface area contributed by atoms with Crippen LogP contribution >= 0.6 is 0 Å². The maximum absolute atomic E-state index is 13.6. The van der Waals surface area contributed by atoms with E-state index in [1.807, 2.05) is 24.3 Å². The molecule has 190 valence electrons. The van der Waals surface area contributed by atoms with Gasteiger partial charge in [-0.25, -0.2) is 14.8 Å². The van der Waals surface area contributed by atoms with E-state index >= 15 is 0 Å². The number of rotatable bonds is 8. The van der Waals surface area contributed by atoms with Crippen LogP contribution in [0.1, 0.15) is 25.5 Å². The molecule has 1 unspecified atom stereocenters. The quantitative estimate of drug-likeness (QED) is 0.394. The molecule has 3 aromatic heterocycles. The highest BCUT2D eigenvalue weighted by atomic mass is 19.4. The molecule has 4 aromatic rings. The molecule has 0 spiro atoms. The van der Waals surface area contributed by atoms with Gasteiger partial charge in [0.1, 0.15) is 6.04 Å². The number of carbonyl (C=O) groups is 1. The van der Waals surface area contributed by atoms with Gasteiger partial charge in [0.25, 0.3) is 5.88 Å². The van der Waals surface area contributed by atoms with Crippen molar-refractivity contribution in [3.05, 3.63) is 60.8 Å². The second-order valence-corrected chi connectivity index (χ2v) is 8.05. The first-order chi connectivity index (χ1) is 17.2. The van der Waals surface area contributed by atoms with Crippen molar-refractivity contribution in [2.45, 2.75) is 38.7 Å². The van der Waals surface area contributed by atoms with E-state index in [1.54, 1.807) is 36.8 Å². The molecule has 0 saturated carbocycles. The number of nitrogens with one attached hydrogen (secondary N) is 1. The van der Waals surface area contributed by atoms with Crippen molar-refractivity contribution in [3.63, 3.8) is 0 Å². The summed E-state index contributed by atoms with van der Waals surface area (Å²) >= 11 is 0. The lowest BCUT2D eigenvalue weighted by Crippen LogP contribution is -2.53. The zero-order valence-electron chi connectivity index (χ0n) is 19.8. The Balaban J connectivity index is 1.57. The lowest BCUT2D eigenvalue weighted by molar-refractivity contribution is -0.157. The number of amides is 2. The van der Waals surface area contributed by atoms with Crippen LogP contribution in [0.25, 0.3) is 16.9 Å². The third-order valence-corrected chi connectivity index (χ3v) is 5.80. The fourth-order valence-corrected chi connectivity index (χ4v) is 3.89. The van der Waals surface area contributed by atoms with E-state index in [9.17, 15) is 18.0 Å². The largest absolute Gasteiger partial charge is 0.478 e. The van der Waals surface area contributed by atoms with Gasteiger partial charge in [-0.15, -0.1) is 5.10 Å². The Morgan fingerprint density at radius 1 is 1.25 bits per heavy atom. The summed E-state index contributed by atoms with van der Waals surface area (Å²) in [6, 6.07) is 3.84. The van der Waals surface area contributed by atoms with Gasteiger partial charge in [-0.2, -0.15) is 13.2 Å². The third-order valence-electron chi connectivity index (χ3n) is 5.80. The molecule has 0 bridgehead atoms. The van der Waals surface area contributed by atoms with Gasteiger partial charge in [0.15, 0.2) is 5.65 Å². The molecule has 0 fully saturated rings. The number of nitrogens with zero attached hydrogens (tertiary/aromatic N) is 7. The molecule has 0 saturated heterocycles. The number of halogens is 3. The average Bonchev–Trinajstić information content (AvgIpc) is 3.55. The van der Waals surface area contributed by atoms with Crippen LogP contribution < -0.4 is 10.1 Å². The van der Waals surface area contributed by atoms with E-state index in [2.05, 4.69) is 25.6 Å². The summed E-state index contributed by atoms with van der Waals surface area (Å²) in [5.41, 5.74) is 2.67. The number of fused-ring (bicyclic) bond motifs is 1. The minimum atomic E-state index is -4.67. The predicted molar refractivity (Wildman–Crippen MR) is 124 cm³/mol. The number of ether oxygens (including phenoxy) is 1. The molecule has 4 rings (SSSR count). The standard InChI is InChI=1S/C23H25F3N8O2/c1-4-34(22(35)30-19(23(24,25)26)14-33-11-9-28-31-33)15(2)16-6-5-7-17(12-16)18-13-32-10-8-27-20(32)21(29-18)36-3/h5-13,15,19H,4,14H2,1-3H3,(H,30,35)/t15-,19?/m1/s1. The Bertz CT molecular complexity index is 1320. The van der Waals surface area contributed by atoms with E-state index in [-0.39, 0.29) is 6.54 Å². The molecule has 1 aromatic carbocycles. The van der Waals surface area contributed by atoms with Crippen LogP contribution in [-0.2, 0) is 6.54 Å². The number of urea groups is 1. The fourth-order valence-electron chi connectivity index (χ4n) is 3.89. The molecule has 10 nitrogen and oxygen atoms in total. The predicted octanol–water partition coefficient (Wildman–Crippen LogP) is 3.72. The normalized spacial score (nSPS) is 13.4. The van der Waals surface area contributed by atoms with E-state index in [1.165, 1.54) is 24.4 Å². The summed E-state index contributed by atoms with van der Waals surface area (Å²) in [6.07, 6.45) is 3.13. The summed E-state index contributed by atoms with van der Waals surface area (Å²) in [4.78, 5) is 23.1. The Morgan fingerprint density at radius 2 is 2.06 bits per heavy atom. The van der Waals surface area contributed by atoms with E-state index < -0.39 is 30.8 Å². The topological polar surface area (TPSA) is 102 Å². The van der Waals surface area contributed by atoms with Gasteiger partial charge in [-0.3, -0.25) is 4.68 Å². The van der Waals surface area contributed by atoms with Gasteiger partial charge >= 0.3 is 12.2 Å². The average molecular weight is 503 g/mol. The van der Waals surface area contributed by atoms with Crippen molar-refractivity contribution >= 4 is 11.7 Å². The van der Waals surface area contributed by atoms with Crippen molar-refractivity contribution < 1.29 is 22.7 Å². The Hall–Kier alpha value is -4.16. The number of hydrogen-bond donors (Lipinski definition) is 1. The first-order valence-corrected chi connectivity index (χ1v) is 11.2. The second kappa shape index (κ2) is 10.2. The van der Waals surface area contributed by atoms with Crippen molar-refractivity contribution in [1.29, 1.82) is 0 Å². The summed E-state index contributed by atoms with van der Waals surface area (Å²) in [5.74, 6) is 0.357. The lowest BCUT2D eigenvalue weighted by atomic mass is 10.0. The summed E-state index contributed by atoms with van der Waals surface area (Å²) < 4.78 is 49.1. The number of methoxy groups -OCH3 is 1. The van der Waals surface area contributed by atoms with E-state index in [4.69, 9.17) is 4.74 Å². The van der Waals surface area contributed by atoms with Crippen LogP contribution in [0.15, 0.2) is 55.2 Å².